The monoisotopic (exact) mass is 415 g/mol. The van der Waals surface area contributed by atoms with Crippen molar-refractivity contribution in [3.05, 3.63) is 48.0 Å². The second-order valence-corrected chi connectivity index (χ2v) is 6.49. The van der Waals surface area contributed by atoms with Crippen LogP contribution >= 0.6 is 0 Å². The molecule has 12 heteroatoms. The van der Waals surface area contributed by atoms with Gasteiger partial charge in [-0.3, -0.25) is 4.68 Å². The van der Waals surface area contributed by atoms with Gasteiger partial charge in [0.2, 0.25) is 0 Å². The fraction of sp³-hybridized carbons (Fsp3) is 0.412. The summed E-state index contributed by atoms with van der Waals surface area (Å²) in [5, 5.41) is 13.9. The maximum absolute atomic E-state index is 13.0. The Bertz CT molecular complexity index is 829. The normalized spacial score (nSPS) is 16.0. The van der Waals surface area contributed by atoms with Crippen molar-refractivity contribution in [2.75, 3.05) is 37.7 Å². The molecule has 1 saturated heterocycles. The summed E-state index contributed by atoms with van der Waals surface area (Å²) < 4.78 is 51.6. The molecule has 2 heterocycles. The number of nitrogens with zero attached hydrogens (tertiary/aromatic N) is 6. The number of alkyl halides is 3. The lowest BCUT2D eigenvalue weighted by Gasteiger charge is -2.36. The van der Waals surface area contributed by atoms with Crippen LogP contribution in [0.2, 0.25) is 0 Å². The van der Waals surface area contributed by atoms with Crippen LogP contribution in [0.3, 0.4) is 0 Å². The van der Waals surface area contributed by atoms with Crippen LogP contribution in [0, 0.1) is 5.82 Å². The fourth-order valence-corrected chi connectivity index (χ4v) is 2.90. The number of nitrogens with two attached hydrogens (primary N) is 1. The first kappa shape index (κ1) is 20.9. The lowest BCUT2D eigenvalue weighted by molar-refractivity contribution is -0.143. The zero-order valence-electron chi connectivity index (χ0n) is 15.4. The van der Waals surface area contributed by atoms with Gasteiger partial charge >= 0.3 is 6.18 Å². The van der Waals surface area contributed by atoms with E-state index in [1.807, 2.05) is 4.90 Å². The number of hydroxylamine groups is 2. The minimum absolute atomic E-state index is 0.217. The fourth-order valence-electron chi connectivity index (χ4n) is 2.90. The van der Waals surface area contributed by atoms with Crippen LogP contribution in [0.4, 0.5) is 23.2 Å². The molecule has 0 saturated carbocycles. The topological polar surface area (TPSA) is 86.1 Å². The van der Waals surface area contributed by atoms with Crippen LogP contribution in [0.25, 0.3) is 0 Å². The number of hydrogen-bond acceptors (Lipinski definition) is 5. The van der Waals surface area contributed by atoms with Crippen LogP contribution in [-0.2, 0) is 12.8 Å². The number of benzene rings is 1. The number of halogens is 4. The van der Waals surface area contributed by atoms with E-state index in [1.54, 1.807) is 12.1 Å². The average Bonchev–Trinajstić information content (AvgIpc) is 3.16. The number of guanidine groups is 1. The Morgan fingerprint density at radius 1 is 1.14 bits per heavy atom. The highest BCUT2D eigenvalue weighted by Crippen LogP contribution is 2.27. The second-order valence-electron chi connectivity index (χ2n) is 6.49. The summed E-state index contributed by atoms with van der Waals surface area (Å²) in [6.07, 6.45) is -3.42. The molecule has 0 atom stereocenters. The van der Waals surface area contributed by atoms with Gasteiger partial charge in [0, 0.05) is 38.1 Å². The lowest BCUT2D eigenvalue weighted by Crippen LogP contribution is -2.51. The molecule has 158 valence electrons. The van der Waals surface area contributed by atoms with Crippen molar-refractivity contribution in [1.29, 1.82) is 0 Å². The van der Waals surface area contributed by atoms with Gasteiger partial charge in [-0.15, -0.1) is 5.06 Å². The summed E-state index contributed by atoms with van der Waals surface area (Å²) >= 11 is 0. The molecule has 1 fully saturated rings. The first-order valence-electron chi connectivity index (χ1n) is 8.82. The van der Waals surface area contributed by atoms with Crippen LogP contribution in [0.1, 0.15) is 5.69 Å². The summed E-state index contributed by atoms with van der Waals surface area (Å²) in [4.78, 5) is 8.01. The van der Waals surface area contributed by atoms with E-state index < -0.39 is 11.9 Å². The standard InChI is InChI=1S/C17H21F4N7O/c18-13-1-3-14(4-2-13)25-7-9-26(10-8-25)16(22)23-11-28(29)12-27-6-5-15(24-27)17(19,20)21/h1-6,29H,7-12H2,(H2,22,23). The van der Waals surface area contributed by atoms with E-state index in [-0.39, 0.29) is 25.1 Å². The van der Waals surface area contributed by atoms with Crippen molar-refractivity contribution in [1.82, 2.24) is 19.7 Å². The highest BCUT2D eigenvalue weighted by atomic mass is 19.4. The van der Waals surface area contributed by atoms with Gasteiger partial charge < -0.3 is 20.7 Å². The number of rotatable bonds is 5. The highest BCUT2D eigenvalue weighted by molar-refractivity contribution is 5.78. The number of piperazine rings is 1. The molecule has 0 bridgehead atoms. The molecule has 2 aromatic rings. The Morgan fingerprint density at radius 2 is 1.79 bits per heavy atom. The Labute approximate surface area is 164 Å². The second kappa shape index (κ2) is 8.66. The minimum atomic E-state index is -4.54. The van der Waals surface area contributed by atoms with Gasteiger partial charge in [0.1, 0.15) is 19.2 Å². The Hall–Kier alpha value is -2.86. The predicted octanol–water partition coefficient (Wildman–Crippen LogP) is 1.78. The van der Waals surface area contributed by atoms with Gasteiger partial charge in [-0.1, -0.05) is 0 Å². The maximum atomic E-state index is 13.0. The molecule has 3 rings (SSSR count). The molecular weight excluding hydrogens is 394 g/mol. The predicted molar refractivity (Wildman–Crippen MR) is 97.5 cm³/mol. The molecule has 1 aliphatic heterocycles. The SMILES string of the molecule is NC(=NCN(O)Cn1ccc(C(F)(F)F)n1)N1CCN(c2ccc(F)cc2)CC1. The van der Waals surface area contributed by atoms with Gasteiger partial charge in [-0.2, -0.15) is 18.3 Å². The van der Waals surface area contributed by atoms with Crippen molar-refractivity contribution in [3.63, 3.8) is 0 Å². The van der Waals surface area contributed by atoms with E-state index in [9.17, 15) is 22.8 Å². The maximum Gasteiger partial charge on any atom is 0.435 e. The van der Waals surface area contributed by atoms with Gasteiger partial charge in [0.05, 0.1) is 0 Å². The van der Waals surface area contributed by atoms with E-state index >= 15 is 0 Å². The van der Waals surface area contributed by atoms with E-state index in [2.05, 4.69) is 15.0 Å². The van der Waals surface area contributed by atoms with Crippen LogP contribution in [-0.4, -0.2) is 63.8 Å². The molecule has 8 nitrogen and oxygen atoms in total. The summed E-state index contributed by atoms with van der Waals surface area (Å²) in [7, 11) is 0. The number of aromatic nitrogens is 2. The van der Waals surface area contributed by atoms with Gasteiger partial charge in [0.15, 0.2) is 11.7 Å². The third-order valence-electron chi connectivity index (χ3n) is 4.43. The van der Waals surface area contributed by atoms with Crippen molar-refractivity contribution in [3.8, 4) is 0 Å². The number of hydrogen-bond donors (Lipinski definition) is 2. The van der Waals surface area contributed by atoms with Gasteiger partial charge in [-0.25, -0.2) is 9.38 Å². The van der Waals surface area contributed by atoms with Crippen molar-refractivity contribution in [2.45, 2.75) is 12.8 Å². The summed E-state index contributed by atoms with van der Waals surface area (Å²) in [5.74, 6) is -0.0682. The summed E-state index contributed by atoms with van der Waals surface area (Å²) in [6.45, 7) is 2.01. The first-order chi connectivity index (χ1) is 13.7. The molecule has 3 N–H and O–H groups in total. The van der Waals surface area contributed by atoms with Crippen LogP contribution < -0.4 is 10.6 Å². The van der Waals surface area contributed by atoms with Gasteiger partial charge in [-0.05, 0) is 30.3 Å². The van der Waals surface area contributed by atoms with Crippen molar-refractivity contribution in [2.24, 2.45) is 10.7 Å². The van der Waals surface area contributed by atoms with Crippen LogP contribution in [0.15, 0.2) is 41.5 Å². The zero-order valence-corrected chi connectivity index (χ0v) is 15.4. The number of anilines is 1. The molecule has 0 unspecified atom stereocenters. The Balaban J connectivity index is 1.47. The van der Waals surface area contributed by atoms with Gasteiger partial charge in [0.25, 0.3) is 0 Å². The van der Waals surface area contributed by atoms with E-state index in [1.165, 1.54) is 12.1 Å². The molecule has 1 aromatic heterocycles. The molecule has 1 aliphatic rings. The van der Waals surface area contributed by atoms with E-state index in [4.69, 9.17) is 5.73 Å². The van der Waals surface area contributed by atoms with Crippen molar-refractivity contribution < 1.29 is 22.8 Å². The smallest absolute Gasteiger partial charge is 0.370 e. The Morgan fingerprint density at radius 3 is 2.38 bits per heavy atom. The molecule has 0 radical (unpaired) electrons. The molecule has 0 aliphatic carbocycles. The third kappa shape index (κ3) is 5.57. The average molecular weight is 415 g/mol. The Kier molecular flexibility index (Phi) is 6.23. The zero-order chi connectivity index (χ0) is 21.0. The molecule has 0 spiro atoms. The van der Waals surface area contributed by atoms with Crippen molar-refractivity contribution >= 4 is 11.6 Å². The first-order valence-corrected chi connectivity index (χ1v) is 8.82. The highest BCUT2D eigenvalue weighted by Gasteiger charge is 2.33. The summed E-state index contributed by atoms with van der Waals surface area (Å²) in [6, 6.07) is 7.07. The minimum Gasteiger partial charge on any atom is -0.370 e. The molecule has 1 aromatic carbocycles. The largest absolute Gasteiger partial charge is 0.435 e. The van der Waals surface area contributed by atoms with E-state index in [0.717, 1.165) is 22.6 Å². The molecule has 0 amide bonds. The lowest BCUT2D eigenvalue weighted by atomic mass is 10.2. The summed E-state index contributed by atoms with van der Waals surface area (Å²) in [5.41, 5.74) is 5.84. The molecular formula is C17H21F4N7O. The quantitative estimate of drug-likeness (QED) is 0.335. The third-order valence-corrected chi connectivity index (χ3v) is 4.43. The van der Waals surface area contributed by atoms with Crippen LogP contribution in [0.5, 0.6) is 0 Å². The van der Waals surface area contributed by atoms with E-state index in [0.29, 0.717) is 31.2 Å². The number of aliphatic imine (C=N–C) groups is 1. The molecule has 29 heavy (non-hydrogen) atoms.